The van der Waals surface area contributed by atoms with Crippen molar-refractivity contribution in [3.05, 3.63) is 0 Å². The normalized spacial score (nSPS) is 43.4. The van der Waals surface area contributed by atoms with Gasteiger partial charge in [0.05, 0.1) is 0 Å². The Bertz CT molecular complexity index is 130. The van der Waals surface area contributed by atoms with Gasteiger partial charge in [-0.05, 0) is 31.1 Å². The van der Waals surface area contributed by atoms with Crippen LogP contribution in [0.5, 0.6) is 0 Å². The molecule has 1 aliphatic carbocycles. The molecule has 0 spiro atoms. The molecule has 1 heteroatoms. The molecule has 11 heavy (non-hydrogen) atoms. The maximum Gasteiger partial charge on any atom is 0.00986 e. The van der Waals surface area contributed by atoms with Gasteiger partial charge in [0, 0.05) is 12.1 Å². The molecule has 0 aromatic rings. The molecule has 3 atom stereocenters. The Hall–Kier alpha value is -0.0400. The first-order chi connectivity index (χ1) is 5.27. The van der Waals surface area contributed by atoms with Gasteiger partial charge in [-0.1, -0.05) is 20.3 Å². The zero-order valence-electron chi connectivity index (χ0n) is 7.64. The van der Waals surface area contributed by atoms with Gasteiger partial charge < -0.3 is 5.32 Å². The smallest absolute Gasteiger partial charge is 0.00986 e. The summed E-state index contributed by atoms with van der Waals surface area (Å²) in [7, 11) is 0. The van der Waals surface area contributed by atoms with Crippen LogP contribution in [0, 0.1) is 11.8 Å². The van der Waals surface area contributed by atoms with Crippen LogP contribution in [-0.2, 0) is 0 Å². The number of fused-ring (bicyclic) bond motifs is 1. The Kier molecular flexibility index (Phi) is 1.92. The third kappa shape index (κ3) is 1.31. The Labute approximate surface area is 69.6 Å². The molecule has 1 saturated heterocycles. The predicted molar refractivity (Wildman–Crippen MR) is 47.5 cm³/mol. The van der Waals surface area contributed by atoms with E-state index in [2.05, 4.69) is 19.2 Å². The molecular formula is C10H19N. The highest BCUT2D eigenvalue weighted by Gasteiger charge is 2.37. The highest BCUT2D eigenvalue weighted by Crippen LogP contribution is 2.36. The van der Waals surface area contributed by atoms with E-state index in [1.807, 2.05) is 0 Å². The molecule has 0 aromatic carbocycles. The minimum absolute atomic E-state index is 0.824. The monoisotopic (exact) mass is 153 g/mol. The summed E-state index contributed by atoms with van der Waals surface area (Å²) in [6, 6.07) is 1.72. The van der Waals surface area contributed by atoms with Crippen LogP contribution in [0.25, 0.3) is 0 Å². The maximum absolute atomic E-state index is 3.75. The molecule has 0 bridgehead atoms. The number of nitrogens with one attached hydrogen (secondary N) is 1. The fourth-order valence-corrected chi connectivity index (χ4v) is 2.67. The standard InChI is InChI=1S/C10H19N/c1-7(2)10-6-8-4-3-5-9(8)11-10/h7-11H,3-6H2,1-2H3. The van der Waals surface area contributed by atoms with Gasteiger partial charge in [-0.3, -0.25) is 0 Å². The summed E-state index contributed by atoms with van der Waals surface area (Å²) in [6.07, 6.45) is 5.84. The van der Waals surface area contributed by atoms with E-state index in [1.165, 1.54) is 25.7 Å². The molecule has 2 aliphatic rings. The second kappa shape index (κ2) is 2.78. The van der Waals surface area contributed by atoms with Gasteiger partial charge in [-0.2, -0.15) is 0 Å². The van der Waals surface area contributed by atoms with E-state index in [4.69, 9.17) is 0 Å². The van der Waals surface area contributed by atoms with E-state index in [0.29, 0.717) is 0 Å². The second-order valence-electron chi connectivity index (χ2n) is 4.55. The van der Waals surface area contributed by atoms with E-state index in [9.17, 15) is 0 Å². The van der Waals surface area contributed by atoms with Gasteiger partial charge >= 0.3 is 0 Å². The first kappa shape index (κ1) is 7.60. The van der Waals surface area contributed by atoms with Crippen LogP contribution in [0.2, 0.25) is 0 Å². The van der Waals surface area contributed by atoms with E-state index in [0.717, 1.165) is 23.9 Å². The van der Waals surface area contributed by atoms with Gasteiger partial charge in [0.25, 0.3) is 0 Å². The van der Waals surface area contributed by atoms with E-state index >= 15 is 0 Å². The molecule has 1 aliphatic heterocycles. The molecule has 2 rings (SSSR count). The van der Waals surface area contributed by atoms with Crippen molar-refractivity contribution >= 4 is 0 Å². The summed E-state index contributed by atoms with van der Waals surface area (Å²) < 4.78 is 0. The quantitative estimate of drug-likeness (QED) is 0.609. The maximum atomic E-state index is 3.75. The first-order valence-electron chi connectivity index (χ1n) is 5.03. The van der Waals surface area contributed by atoms with Gasteiger partial charge in [0.2, 0.25) is 0 Å². The number of rotatable bonds is 1. The van der Waals surface area contributed by atoms with Crippen molar-refractivity contribution in [1.82, 2.24) is 5.32 Å². The minimum Gasteiger partial charge on any atom is -0.311 e. The summed E-state index contributed by atoms with van der Waals surface area (Å²) in [4.78, 5) is 0. The highest BCUT2D eigenvalue weighted by atomic mass is 15.0. The highest BCUT2D eigenvalue weighted by molar-refractivity contribution is 4.95. The Morgan fingerprint density at radius 1 is 1.27 bits per heavy atom. The van der Waals surface area contributed by atoms with Gasteiger partial charge in [0.15, 0.2) is 0 Å². The second-order valence-corrected chi connectivity index (χ2v) is 4.55. The zero-order valence-corrected chi connectivity index (χ0v) is 7.64. The van der Waals surface area contributed by atoms with Crippen LogP contribution in [0.15, 0.2) is 0 Å². The summed E-state index contributed by atoms with van der Waals surface area (Å²) in [5, 5.41) is 3.75. The summed E-state index contributed by atoms with van der Waals surface area (Å²) in [6.45, 7) is 4.66. The van der Waals surface area contributed by atoms with Crippen LogP contribution in [-0.4, -0.2) is 12.1 Å². The Morgan fingerprint density at radius 3 is 2.73 bits per heavy atom. The summed E-state index contributed by atoms with van der Waals surface area (Å²) in [5.74, 6) is 1.86. The average molecular weight is 153 g/mol. The van der Waals surface area contributed by atoms with Gasteiger partial charge in [0.1, 0.15) is 0 Å². The van der Waals surface area contributed by atoms with E-state index < -0.39 is 0 Å². The summed E-state index contributed by atoms with van der Waals surface area (Å²) in [5.41, 5.74) is 0. The lowest BCUT2D eigenvalue weighted by atomic mass is 9.96. The fourth-order valence-electron chi connectivity index (χ4n) is 2.67. The molecule has 64 valence electrons. The predicted octanol–water partition coefficient (Wildman–Crippen LogP) is 2.17. The average Bonchev–Trinajstić information content (AvgIpc) is 2.40. The molecule has 0 aromatic heterocycles. The lowest BCUT2D eigenvalue weighted by Crippen LogP contribution is -2.32. The Morgan fingerprint density at radius 2 is 2.09 bits per heavy atom. The Balaban J connectivity index is 1.94. The zero-order chi connectivity index (χ0) is 7.84. The topological polar surface area (TPSA) is 12.0 Å². The van der Waals surface area contributed by atoms with Crippen LogP contribution in [0.3, 0.4) is 0 Å². The van der Waals surface area contributed by atoms with E-state index in [1.54, 1.807) is 0 Å². The van der Waals surface area contributed by atoms with Crippen molar-refractivity contribution in [3.63, 3.8) is 0 Å². The number of hydrogen-bond donors (Lipinski definition) is 1. The number of hydrogen-bond acceptors (Lipinski definition) is 1. The third-order valence-corrected chi connectivity index (χ3v) is 3.45. The van der Waals surface area contributed by atoms with Crippen LogP contribution in [0.4, 0.5) is 0 Å². The molecule has 1 N–H and O–H groups in total. The first-order valence-corrected chi connectivity index (χ1v) is 5.03. The SMILES string of the molecule is CC(C)C1CC2CCCC2N1. The largest absolute Gasteiger partial charge is 0.311 e. The molecular weight excluding hydrogens is 134 g/mol. The van der Waals surface area contributed by atoms with Gasteiger partial charge in [-0.15, -0.1) is 0 Å². The van der Waals surface area contributed by atoms with Crippen molar-refractivity contribution < 1.29 is 0 Å². The molecule has 3 unspecified atom stereocenters. The molecule has 1 saturated carbocycles. The van der Waals surface area contributed by atoms with Crippen LogP contribution < -0.4 is 5.32 Å². The van der Waals surface area contributed by atoms with Crippen molar-refractivity contribution in [2.45, 2.75) is 51.6 Å². The summed E-state index contributed by atoms with van der Waals surface area (Å²) >= 11 is 0. The van der Waals surface area contributed by atoms with Crippen molar-refractivity contribution in [1.29, 1.82) is 0 Å². The van der Waals surface area contributed by atoms with Crippen LogP contribution >= 0.6 is 0 Å². The van der Waals surface area contributed by atoms with Crippen molar-refractivity contribution in [2.24, 2.45) is 11.8 Å². The van der Waals surface area contributed by atoms with Gasteiger partial charge in [-0.25, -0.2) is 0 Å². The molecule has 1 nitrogen and oxygen atoms in total. The molecule has 0 radical (unpaired) electrons. The lowest BCUT2D eigenvalue weighted by molar-refractivity contribution is 0.419. The fraction of sp³-hybridized carbons (Fsp3) is 1.00. The lowest BCUT2D eigenvalue weighted by Gasteiger charge is -2.16. The molecule has 0 amide bonds. The molecule has 2 fully saturated rings. The van der Waals surface area contributed by atoms with Crippen molar-refractivity contribution in [3.8, 4) is 0 Å². The van der Waals surface area contributed by atoms with E-state index in [-0.39, 0.29) is 0 Å². The van der Waals surface area contributed by atoms with Crippen LogP contribution in [0.1, 0.15) is 39.5 Å². The minimum atomic E-state index is 0.824. The van der Waals surface area contributed by atoms with Crippen molar-refractivity contribution in [2.75, 3.05) is 0 Å². The third-order valence-electron chi connectivity index (χ3n) is 3.45. The molecule has 1 heterocycles.